The first-order valence-electron chi connectivity index (χ1n) is 7.79. The Labute approximate surface area is 143 Å². The number of amides is 1. The van der Waals surface area contributed by atoms with E-state index in [0.29, 0.717) is 16.6 Å². The van der Waals surface area contributed by atoms with E-state index in [1.54, 1.807) is 6.07 Å². The molecule has 0 fully saturated rings. The van der Waals surface area contributed by atoms with Crippen molar-refractivity contribution in [3.05, 3.63) is 65.2 Å². The maximum Gasteiger partial charge on any atom is 0.257 e. The molecule has 3 nitrogen and oxygen atoms in total. The fourth-order valence-corrected chi connectivity index (χ4v) is 2.50. The van der Waals surface area contributed by atoms with Crippen LogP contribution in [0.2, 0.25) is 0 Å². The van der Waals surface area contributed by atoms with Crippen LogP contribution in [0.3, 0.4) is 0 Å². The predicted molar refractivity (Wildman–Crippen MR) is 100 cm³/mol. The van der Waals surface area contributed by atoms with Gasteiger partial charge in [-0.2, -0.15) is 0 Å². The largest absolute Gasteiger partial charge is 0.332 e. The van der Waals surface area contributed by atoms with E-state index >= 15 is 0 Å². The number of nitrogens with one attached hydrogen (secondary N) is 2. The predicted octanol–water partition coefficient (Wildman–Crippen LogP) is 4.64. The molecule has 0 bridgehead atoms. The molecular formula is C19H22N2OS. The fourth-order valence-electron chi connectivity index (χ4n) is 2.29. The zero-order chi connectivity index (χ0) is 16.8. The molecule has 0 aromatic heterocycles. The number of rotatable bonds is 4. The van der Waals surface area contributed by atoms with Crippen molar-refractivity contribution in [3.8, 4) is 0 Å². The van der Waals surface area contributed by atoms with Crippen LogP contribution in [-0.2, 0) is 0 Å². The van der Waals surface area contributed by atoms with Crippen LogP contribution >= 0.6 is 12.2 Å². The fraction of sp³-hybridized carbons (Fsp3) is 0.263. The SMILES string of the molecule is CC[C@H](C)c1ccc(NC(=S)NC(=O)c2ccccc2C)cc1. The standard InChI is InChI=1S/C19H22N2OS/c1-4-13(2)15-9-11-16(12-10-15)20-19(23)21-18(22)17-8-6-5-7-14(17)3/h5-13H,4H2,1-3H3,(H2,20,21,22,23)/t13-/m0/s1. The van der Waals surface area contributed by atoms with Gasteiger partial charge in [0, 0.05) is 11.3 Å². The van der Waals surface area contributed by atoms with Crippen molar-refractivity contribution in [1.82, 2.24) is 5.32 Å². The maximum absolute atomic E-state index is 12.2. The van der Waals surface area contributed by atoms with Crippen LogP contribution in [0.1, 0.15) is 47.7 Å². The van der Waals surface area contributed by atoms with Gasteiger partial charge in [-0.15, -0.1) is 0 Å². The molecule has 1 atom stereocenters. The van der Waals surface area contributed by atoms with Crippen molar-refractivity contribution in [2.75, 3.05) is 5.32 Å². The molecule has 0 aliphatic carbocycles. The zero-order valence-corrected chi connectivity index (χ0v) is 14.5. The minimum Gasteiger partial charge on any atom is -0.332 e. The van der Waals surface area contributed by atoms with E-state index in [0.717, 1.165) is 17.7 Å². The van der Waals surface area contributed by atoms with E-state index in [-0.39, 0.29) is 5.91 Å². The minimum atomic E-state index is -0.197. The number of anilines is 1. The molecule has 0 saturated carbocycles. The number of carbonyl (C=O) groups is 1. The van der Waals surface area contributed by atoms with Crippen LogP contribution in [0.15, 0.2) is 48.5 Å². The number of benzene rings is 2. The Morgan fingerprint density at radius 3 is 2.39 bits per heavy atom. The summed E-state index contributed by atoms with van der Waals surface area (Å²) in [5.74, 6) is 0.341. The summed E-state index contributed by atoms with van der Waals surface area (Å²) in [6.07, 6.45) is 1.11. The van der Waals surface area contributed by atoms with E-state index in [2.05, 4.69) is 36.6 Å². The Kier molecular flexibility index (Phi) is 5.88. The normalized spacial score (nSPS) is 11.6. The second-order valence-electron chi connectivity index (χ2n) is 5.65. The molecule has 1 amide bonds. The summed E-state index contributed by atoms with van der Waals surface area (Å²) in [6.45, 7) is 6.28. The molecular weight excluding hydrogens is 304 g/mol. The highest BCUT2D eigenvalue weighted by Crippen LogP contribution is 2.20. The van der Waals surface area contributed by atoms with Crippen molar-refractivity contribution in [2.24, 2.45) is 0 Å². The first-order chi connectivity index (χ1) is 11.0. The molecule has 4 heteroatoms. The van der Waals surface area contributed by atoms with Crippen molar-refractivity contribution >= 4 is 28.9 Å². The van der Waals surface area contributed by atoms with Gasteiger partial charge in [-0.05, 0) is 60.8 Å². The van der Waals surface area contributed by atoms with Crippen LogP contribution < -0.4 is 10.6 Å². The molecule has 0 saturated heterocycles. The topological polar surface area (TPSA) is 41.1 Å². The van der Waals surface area contributed by atoms with Gasteiger partial charge in [0.05, 0.1) is 0 Å². The first-order valence-corrected chi connectivity index (χ1v) is 8.20. The van der Waals surface area contributed by atoms with Gasteiger partial charge in [0.15, 0.2) is 5.11 Å². The monoisotopic (exact) mass is 326 g/mol. The second kappa shape index (κ2) is 7.88. The van der Waals surface area contributed by atoms with Gasteiger partial charge in [-0.25, -0.2) is 0 Å². The smallest absolute Gasteiger partial charge is 0.257 e. The van der Waals surface area contributed by atoms with E-state index in [9.17, 15) is 4.79 Å². The average Bonchev–Trinajstić information content (AvgIpc) is 2.55. The van der Waals surface area contributed by atoms with Gasteiger partial charge in [0.2, 0.25) is 0 Å². The molecule has 2 aromatic rings. The lowest BCUT2D eigenvalue weighted by Crippen LogP contribution is -2.34. The third kappa shape index (κ3) is 4.63. The summed E-state index contributed by atoms with van der Waals surface area (Å²) in [5, 5.41) is 6.06. The van der Waals surface area contributed by atoms with Crippen LogP contribution in [0.25, 0.3) is 0 Å². The molecule has 0 aliphatic rings. The van der Waals surface area contributed by atoms with E-state index in [1.807, 2.05) is 37.3 Å². The quantitative estimate of drug-likeness (QED) is 0.805. The van der Waals surface area contributed by atoms with Gasteiger partial charge < -0.3 is 5.32 Å². The van der Waals surface area contributed by atoms with Gasteiger partial charge in [-0.1, -0.05) is 44.2 Å². The van der Waals surface area contributed by atoms with Crippen LogP contribution in [0.4, 0.5) is 5.69 Å². The van der Waals surface area contributed by atoms with Crippen LogP contribution in [0, 0.1) is 6.92 Å². The average molecular weight is 326 g/mol. The van der Waals surface area contributed by atoms with E-state index in [1.165, 1.54) is 5.56 Å². The summed E-state index contributed by atoms with van der Waals surface area (Å²) in [7, 11) is 0. The van der Waals surface area contributed by atoms with Gasteiger partial charge >= 0.3 is 0 Å². The summed E-state index contributed by atoms with van der Waals surface area (Å²) in [6, 6.07) is 15.6. The molecule has 0 unspecified atom stereocenters. The lowest BCUT2D eigenvalue weighted by atomic mass is 9.99. The van der Waals surface area contributed by atoms with Crippen LogP contribution in [-0.4, -0.2) is 11.0 Å². The van der Waals surface area contributed by atoms with Gasteiger partial charge in [0.1, 0.15) is 0 Å². The van der Waals surface area contributed by atoms with Crippen molar-refractivity contribution in [1.29, 1.82) is 0 Å². The lowest BCUT2D eigenvalue weighted by Gasteiger charge is -2.13. The molecule has 120 valence electrons. The Morgan fingerprint density at radius 2 is 1.78 bits per heavy atom. The minimum absolute atomic E-state index is 0.197. The highest BCUT2D eigenvalue weighted by molar-refractivity contribution is 7.80. The number of thiocarbonyl (C=S) groups is 1. The van der Waals surface area contributed by atoms with Crippen molar-refractivity contribution in [3.63, 3.8) is 0 Å². The lowest BCUT2D eigenvalue weighted by molar-refractivity contribution is 0.0977. The molecule has 0 spiro atoms. The zero-order valence-electron chi connectivity index (χ0n) is 13.7. The van der Waals surface area contributed by atoms with Crippen LogP contribution in [0.5, 0.6) is 0 Å². The number of hydrogen-bond acceptors (Lipinski definition) is 2. The molecule has 2 rings (SSSR count). The third-order valence-electron chi connectivity index (χ3n) is 3.97. The Morgan fingerprint density at radius 1 is 1.13 bits per heavy atom. The highest BCUT2D eigenvalue weighted by Gasteiger charge is 2.10. The number of carbonyl (C=O) groups excluding carboxylic acids is 1. The van der Waals surface area contributed by atoms with Gasteiger partial charge in [0.25, 0.3) is 5.91 Å². The molecule has 0 heterocycles. The molecule has 2 aromatic carbocycles. The van der Waals surface area contributed by atoms with Crippen molar-refractivity contribution < 1.29 is 4.79 Å². The summed E-state index contributed by atoms with van der Waals surface area (Å²) in [4.78, 5) is 12.2. The number of hydrogen-bond donors (Lipinski definition) is 2. The summed E-state index contributed by atoms with van der Waals surface area (Å²) in [5.41, 5.74) is 3.72. The Bertz CT molecular complexity index is 695. The molecule has 23 heavy (non-hydrogen) atoms. The Balaban J connectivity index is 1.97. The molecule has 2 N–H and O–H groups in total. The first kappa shape index (κ1) is 17.2. The summed E-state index contributed by atoms with van der Waals surface area (Å²) >= 11 is 5.22. The van der Waals surface area contributed by atoms with E-state index in [4.69, 9.17) is 12.2 Å². The number of aryl methyl sites for hydroxylation is 1. The third-order valence-corrected chi connectivity index (χ3v) is 4.17. The maximum atomic E-state index is 12.2. The molecule has 0 radical (unpaired) electrons. The van der Waals surface area contributed by atoms with Crippen molar-refractivity contribution in [2.45, 2.75) is 33.1 Å². The van der Waals surface area contributed by atoms with Gasteiger partial charge in [-0.3, -0.25) is 10.1 Å². The highest BCUT2D eigenvalue weighted by atomic mass is 32.1. The Hall–Kier alpha value is -2.20. The summed E-state index contributed by atoms with van der Waals surface area (Å²) < 4.78 is 0. The second-order valence-corrected chi connectivity index (χ2v) is 6.06. The molecule has 0 aliphatic heterocycles. The van der Waals surface area contributed by atoms with E-state index < -0.39 is 0 Å².